The van der Waals surface area contributed by atoms with E-state index in [-0.39, 0.29) is 11.6 Å². The smallest absolute Gasteiger partial charge is 0.273 e. The van der Waals surface area contributed by atoms with Gasteiger partial charge in [0, 0.05) is 40.4 Å². The van der Waals surface area contributed by atoms with Crippen LogP contribution < -0.4 is 5.32 Å². The Morgan fingerprint density at radius 3 is 2.42 bits per heavy atom. The summed E-state index contributed by atoms with van der Waals surface area (Å²) in [6.07, 6.45) is 1.96. The molecular weight excluding hydrogens is 468 g/mol. The molecule has 0 radical (unpaired) electrons. The Bertz CT molecular complexity index is 1460. The minimum Gasteiger partial charge on any atom is -0.355 e. The average molecular weight is 495 g/mol. The Morgan fingerprint density at radius 2 is 1.69 bits per heavy atom. The summed E-state index contributed by atoms with van der Waals surface area (Å²) in [6.45, 7) is 4.47. The van der Waals surface area contributed by atoms with Gasteiger partial charge < -0.3 is 9.84 Å². The Labute approximate surface area is 214 Å². The molecule has 2 heterocycles. The van der Waals surface area contributed by atoms with Crippen LogP contribution in [0.3, 0.4) is 0 Å². The van der Waals surface area contributed by atoms with Crippen molar-refractivity contribution in [1.29, 1.82) is 0 Å². The van der Waals surface area contributed by atoms with Crippen LogP contribution in [-0.4, -0.2) is 26.6 Å². The van der Waals surface area contributed by atoms with Gasteiger partial charge in [0.1, 0.15) is 0 Å². The lowest BCUT2D eigenvalue weighted by atomic mass is 10.1. The predicted molar refractivity (Wildman–Crippen MR) is 143 cm³/mol. The summed E-state index contributed by atoms with van der Waals surface area (Å²) in [4.78, 5) is 14.1. The third-order valence-electron chi connectivity index (χ3n) is 5.77. The van der Waals surface area contributed by atoms with Gasteiger partial charge in [-0.15, -0.1) is 11.8 Å². The van der Waals surface area contributed by atoms with E-state index in [1.165, 1.54) is 4.90 Å². The number of carbonyl (C=O) groups is 1. The van der Waals surface area contributed by atoms with E-state index < -0.39 is 0 Å². The Kier molecular flexibility index (Phi) is 7.00. The number of para-hydroxylation sites is 1. The number of thioether (sulfide) groups is 1. The summed E-state index contributed by atoms with van der Waals surface area (Å²) in [5.41, 5.74) is 5.96. The molecule has 36 heavy (non-hydrogen) atoms. The largest absolute Gasteiger partial charge is 0.355 e. The molecule has 5 aromatic rings. The van der Waals surface area contributed by atoms with Crippen molar-refractivity contribution in [2.45, 2.75) is 25.3 Å². The maximum Gasteiger partial charge on any atom is 0.273 e. The predicted octanol–water partition coefficient (Wildman–Crippen LogP) is 6.54. The maximum atomic E-state index is 12.9. The highest BCUT2D eigenvalue weighted by Crippen LogP contribution is 2.27. The summed E-state index contributed by atoms with van der Waals surface area (Å²) in [7, 11) is 0. The summed E-state index contributed by atoms with van der Waals surface area (Å²) in [6, 6.07) is 27.9. The highest BCUT2D eigenvalue weighted by atomic mass is 32.2. The monoisotopic (exact) mass is 494 g/mol. The van der Waals surface area contributed by atoms with Gasteiger partial charge >= 0.3 is 0 Å². The molecule has 0 fully saturated rings. The number of aryl methyl sites for hydroxylation is 1. The molecule has 0 saturated heterocycles. The fraction of sp³-hybridized carbons (Fsp3) is 0.138. The lowest BCUT2D eigenvalue weighted by molar-refractivity contribution is 0.0942. The highest BCUT2D eigenvalue weighted by molar-refractivity contribution is 7.99. The van der Waals surface area contributed by atoms with E-state index in [4.69, 9.17) is 9.62 Å². The van der Waals surface area contributed by atoms with Crippen LogP contribution >= 0.6 is 11.8 Å². The van der Waals surface area contributed by atoms with Crippen LogP contribution in [0.1, 0.15) is 28.5 Å². The van der Waals surface area contributed by atoms with Gasteiger partial charge in [-0.2, -0.15) is 5.10 Å². The Balaban J connectivity index is 1.38. The molecule has 7 heteroatoms. The molecule has 0 spiro atoms. The van der Waals surface area contributed by atoms with Crippen molar-refractivity contribution in [1.82, 2.24) is 20.3 Å². The fourth-order valence-corrected chi connectivity index (χ4v) is 4.53. The van der Waals surface area contributed by atoms with Crippen LogP contribution in [0.4, 0.5) is 0 Å². The number of amides is 1. The van der Waals surface area contributed by atoms with Gasteiger partial charge in [-0.05, 0) is 36.9 Å². The van der Waals surface area contributed by atoms with Crippen LogP contribution in [-0.2, 0) is 6.54 Å². The van der Waals surface area contributed by atoms with Crippen LogP contribution in [0.25, 0.3) is 28.3 Å². The molecular formula is C29H26N4O2S. The van der Waals surface area contributed by atoms with Gasteiger partial charge in [-0.3, -0.25) is 4.79 Å². The van der Waals surface area contributed by atoms with Gasteiger partial charge in [0.25, 0.3) is 5.91 Å². The van der Waals surface area contributed by atoms with E-state index in [0.717, 1.165) is 39.4 Å². The molecule has 6 nitrogen and oxygen atoms in total. The van der Waals surface area contributed by atoms with Gasteiger partial charge in [0.15, 0.2) is 11.5 Å². The third-order valence-corrected chi connectivity index (χ3v) is 6.66. The zero-order chi connectivity index (χ0) is 24.9. The van der Waals surface area contributed by atoms with Crippen LogP contribution in [0.15, 0.2) is 101 Å². The van der Waals surface area contributed by atoms with E-state index >= 15 is 0 Å². The first-order valence-electron chi connectivity index (χ1n) is 11.8. The van der Waals surface area contributed by atoms with E-state index in [1.54, 1.807) is 17.8 Å². The number of carbonyl (C=O) groups excluding carboxylic acids is 1. The van der Waals surface area contributed by atoms with Crippen molar-refractivity contribution in [2.24, 2.45) is 0 Å². The quantitative estimate of drug-likeness (QED) is 0.248. The van der Waals surface area contributed by atoms with Crippen molar-refractivity contribution in [3.05, 3.63) is 108 Å². The lowest BCUT2D eigenvalue weighted by Crippen LogP contribution is -2.23. The second-order valence-electron chi connectivity index (χ2n) is 8.37. The number of rotatable bonds is 8. The minimum atomic E-state index is -0.301. The maximum absolute atomic E-state index is 12.9. The molecule has 180 valence electrons. The minimum absolute atomic E-state index is 0.239. The molecule has 1 N–H and O–H groups in total. The van der Waals surface area contributed by atoms with Crippen molar-refractivity contribution < 1.29 is 9.32 Å². The number of nitrogens with one attached hydrogen (secondary N) is 1. The molecule has 0 saturated carbocycles. The SMILES string of the molecule is CCSc1ccc(-c2nn(-c3ccccc3)cc2CNC(=O)c2cc(-c3ccc(C)cc3)on2)cc1. The molecule has 0 bridgehead atoms. The zero-order valence-electron chi connectivity index (χ0n) is 20.1. The number of hydrogen-bond donors (Lipinski definition) is 1. The number of aromatic nitrogens is 3. The van der Waals surface area contributed by atoms with Gasteiger partial charge in [0.05, 0.1) is 11.4 Å². The van der Waals surface area contributed by atoms with E-state index in [0.29, 0.717) is 12.3 Å². The van der Waals surface area contributed by atoms with E-state index in [2.05, 4.69) is 41.7 Å². The standard InChI is InChI=1S/C29H26N4O2S/c1-3-36-25-15-13-22(14-16-25)28-23(19-33(31-28)24-7-5-4-6-8-24)18-30-29(34)26-17-27(35-32-26)21-11-9-20(2)10-12-21/h4-17,19H,3,18H2,1-2H3,(H,30,34). The Hall–Kier alpha value is -4.10. The summed E-state index contributed by atoms with van der Waals surface area (Å²) in [5.74, 6) is 1.28. The molecule has 0 aliphatic rings. The van der Waals surface area contributed by atoms with Crippen molar-refractivity contribution in [3.8, 4) is 28.3 Å². The molecule has 5 rings (SSSR count). The molecule has 3 aromatic carbocycles. The summed E-state index contributed by atoms with van der Waals surface area (Å²) >= 11 is 1.80. The highest BCUT2D eigenvalue weighted by Gasteiger charge is 2.17. The first-order valence-corrected chi connectivity index (χ1v) is 12.8. The topological polar surface area (TPSA) is 73.0 Å². The molecule has 0 aliphatic carbocycles. The van der Waals surface area contributed by atoms with Gasteiger partial charge in [0.2, 0.25) is 0 Å². The fourth-order valence-electron chi connectivity index (χ4n) is 3.87. The van der Waals surface area contributed by atoms with Crippen LogP contribution in [0.2, 0.25) is 0 Å². The first kappa shape index (κ1) is 23.6. The van der Waals surface area contributed by atoms with Gasteiger partial charge in [-0.1, -0.05) is 72.2 Å². The Morgan fingerprint density at radius 1 is 0.972 bits per heavy atom. The normalized spacial score (nSPS) is 10.9. The number of hydrogen-bond acceptors (Lipinski definition) is 5. The molecule has 0 aliphatic heterocycles. The zero-order valence-corrected chi connectivity index (χ0v) is 21.0. The third kappa shape index (κ3) is 5.26. The van der Waals surface area contributed by atoms with Crippen molar-refractivity contribution in [2.75, 3.05) is 5.75 Å². The summed E-state index contributed by atoms with van der Waals surface area (Å²) < 4.78 is 7.26. The molecule has 2 aromatic heterocycles. The average Bonchev–Trinajstić information content (AvgIpc) is 3.57. The van der Waals surface area contributed by atoms with Crippen molar-refractivity contribution >= 4 is 17.7 Å². The van der Waals surface area contributed by atoms with Gasteiger partial charge in [-0.25, -0.2) is 4.68 Å². The van der Waals surface area contributed by atoms with E-state index in [1.807, 2.05) is 72.4 Å². The number of benzene rings is 3. The second kappa shape index (κ2) is 10.7. The van der Waals surface area contributed by atoms with Crippen LogP contribution in [0.5, 0.6) is 0 Å². The molecule has 1 amide bonds. The number of nitrogens with zero attached hydrogens (tertiary/aromatic N) is 3. The second-order valence-corrected chi connectivity index (χ2v) is 9.70. The van der Waals surface area contributed by atoms with Crippen molar-refractivity contribution in [3.63, 3.8) is 0 Å². The lowest BCUT2D eigenvalue weighted by Gasteiger charge is -2.05. The van der Waals surface area contributed by atoms with E-state index in [9.17, 15) is 4.79 Å². The first-order chi connectivity index (χ1) is 17.6. The summed E-state index contributed by atoms with van der Waals surface area (Å²) in [5, 5.41) is 11.8. The van der Waals surface area contributed by atoms with Crippen LogP contribution in [0, 0.1) is 6.92 Å². The molecule has 0 unspecified atom stereocenters. The molecule has 0 atom stereocenters.